The Kier molecular flexibility index (Phi) is 6.75. The molecule has 7 heteroatoms. The minimum atomic E-state index is -0.0315. The molecule has 168 valence electrons. The first kappa shape index (κ1) is 21.9. The molecular weight excluding hydrogens is 404 g/mol. The monoisotopic (exact) mass is 434 g/mol. The van der Waals surface area contributed by atoms with Gasteiger partial charge in [-0.1, -0.05) is 29.4 Å². The number of piperazine rings is 1. The summed E-state index contributed by atoms with van der Waals surface area (Å²) in [7, 11) is 2.14. The van der Waals surface area contributed by atoms with Gasteiger partial charge < -0.3 is 24.4 Å². The van der Waals surface area contributed by atoms with Gasteiger partial charge in [-0.05, 0) is 50.7 Å². The zero-order valence-electron chi connectivity index (χ0n) is 18.9. The summed E-state index contributed by atoms with van der Waals surface area (Å²) in [6.07, 6.45) is 0.307. The van der Waals surface area contributed by atoms with Crippen LogP contribution in [0.4, 0.5) is 11.4 Å². The highest BCUT2D eigenvalue weighted by Gasteiger charge is 2.18. The zero-order chi connectivity index (χ0) is 22.5. The molecule has 32 heavy (non-hydrogen) atoms. The van der Waals surface area contributed by atoms with Crippen LogP contribution < -0.4 is 15.0 Å². The number of ether oxygens (including phenoxy) is 1. The Morgan fingerprint density at radius 1 is 1.06 bits per heavy atom. The van der Waals surface area contributed by atoms with Gasteiger partial charge in [-0.3, -0.25) is 4.79 Å². The normalized spacial score (nSPS) is 14.4. The highest BCUT2D eigenvalue weighted by atomic mass is 16.5. The largest absolute Gasteiger partial charge is 0.489 e. The van der Waals surface area contributed by atoms with Crippen LogP contribution in [-0.2, 0) is 17.8 Å². The highest BCUT2D eigenvalue weighted by molar-refractivity contribution is 5.95. The predicted octanol–water partition coefficient (Wildman–Crippen LogP) is 3.80. The van der Waals surface area contributed by atoms with Crippen LogP contribution in [0.2, 0.25) is 0 Å². The van der Waals surface area contributed by atoms with Crippen molar-refractivity contribution in [3.8, 4) is 5.75 Å². The van der Waals surface area contributed by atoms with Crippen molar-refractivity contribution in [3.63, 3.8) is 0 Å². The molecule has 1 amide bonds. The van der Waals surface area contributed by atoms with Gasteiger partial charge in [0.05, 0.1) is 29.1 Å². The van der Waals surface area contributed by atoms with Crippen LogP contribution >= 0.6 is 0 Å². The van der Waals surface area contributed by atoms with Gasteiger partial charge in [-0.15, -0.1) is 0 Å². The number of aromatic nitrogens is 1. The van der Waals surface area contributed by atoms with Crippen LogP contribution in [0.25, 0.3) is 0 Å². The smallest absolute Gasteiger partial charge is 0.228 e. The maximum Gasteiger partial charge on any atom is 0.228 e. The van der Waals surface area contributed by atoms with Gasteiger partial charge in [0, 0.05) is 26.2 Å². The van der Waals surface area contributed by atoms with E-state index in [0.29, 0.717) is 13.0 Å². The van der Waals surface area contributed by atoms with E-state index in [4.69, 9.17) is 9.26 Å². The lowest BCUT2D eigenvalue weighted by molar-refractivity contribution is -0.115. The van der Waals surface area contributed by atoms with E-state index < -0.39 is 0 Å². The first-order chi connectivity index (χ1) is 15.5. The fraction of sp³-hybridized carbons (Fsp3) is 0.360. The molecule has 1 aromatic heterocycles. The number of likely N-dealkylation sites (N-methyl/N-ethyl adjacent to an activating group) is 1. The summed E-state index contributed by atoms with van der Waals surface area (Å²) in [5.74, 6) is 1.48. The third-order valence-electron chi connectivity index (χ3n) is 5.87. The first-order valence-corrected chi connectivity index (χ1v) is 11.0. The minimum absolute atomic E-state index is 0.0315. The highest BCUT2D eigenvalue weighted by Crippen LogP contribution is 2.27. The van der Waals surface area contributed by atoms with Crippen LogP contribution in [0.5, 0.6) is 5.75 Å². The number of rotatable bonds is 7. The van der Waals surface area contributed by atoms with Crippen molar-refractivity contribution in [2.75, 3.05) is 43.4 Å². The Bertz CT molecular complexity index is 1030. The number of hydrogen-bond acceptors (Lipinski definition) is 6. The van der Waals surface area contributed by atoms with Crippen LogP contribution in [0.3, 0.4) is 0 Å². The molecule has 2 aromatic carbocycles. The number of nitrogens with one attached hydrogen (secondary N) is 1. The van der Waals surface area contributed by atoms with Crippen LogP contribution in [0, 0.1) is 13.8 Å². The van der Waals surface area contributed by atoms with E-state index in [1.807, 2.05) is 56.3 Å². The van der Waals surface area contributed by atoms with Crippen molar-refractivity contribution >= 4 is 17.3 Å². The maximum atomic E-state index is 12.7. The molecule has 4 rings (SSSR count). The fourth-order valence-electron chi connectivity index (χ4n) is 3.85. The standard InChI is InChI=1S/C25H30N4O3/c1-18-22(19(2)32-27-18)17-31-21-10-8-20(9-11-21)16-25(30)26-23-6-4-5-7-24(23)29-14-12-28(3)13-15-29/h4-11H,12-17H2,1-3H3,(H,26,30). The summed E-state index contributed by atoms with van der Waals surface area (Å²) in [4.78, 5) is 17.4. The Morgan fingerprint density at radius 2 is 1.78 bits per heavy atom. The second kappa shape index (κ2) is 9.87. The summed E-state index contributed by atoms with van der Waals surface area (Å²) in [6, 6.07) is 15.6. The molecule has 1 N–H and O–H groups in total. The lowest BCUT2D eigenvalue weighted by Gasteiger charge is -2.35. The van der Waals surface area contributed by atoms with Crippen molar-refractivity contribution in [3.05, 3.63) is 71.1 Å². The second-order valence-electron chi connectivity index (χ2n) is 8.27. The second-order valence-corrected chi connectivity index (χ2v) is 8.27. The summed E-state index contributed by atoms with van der Waals surface area (Å²) in [6.45, 7) is 8.14. The third kappa shape index (κ3) is 5.29. The molecule has 1 aliphatic rings. The summed E-state index contributed by atoms with van der Waals surface area (Å²) < 4.78 is 11.0. The molecule has 1 saturated heterocycles. The minimum Gasteiger partial charge on any atom is -0.489 e. The Hall–Kier alpha value is -3.32. The molecule has 0 aliphatic carbocycles. The SMILES string of the molecule is Cc1noc(C)c1COc1ccc(CC(=O)Nc2ccccc2N2CCN(C)CC2)cc1. The van der Waals surface area contributed by atoms with Crippen molar-refractivity contribution in [1.29, 1.82) is 0 Å². The number of nitrogens with zero attached hydrogens (tertiary/aromatic N) is 3. The van der Waals surface area contributed by atoms with Crippen LogP contribution in [0.1, 0.15) is 22.6 Å². The number of carbonyl (C=O) groups is 1. The van der Waals surface area contributed by atoms with Gasteiger partial charge >= 0.3 is 0 Å². The predicted molar refractivity (Wildman–Crippen MR) is 125 cm³/mol. The van der Waals surface area contributed by atoms with E-state index >= 15 is 0 Å². The number of anilines is 2. The fourth-order valence-corrected chi connectivity index (χ4v) is 3.85. The number of aryl methyl sites for hydroxylation is 2. The number of carbonyl (C=O) groups excluding carboxylic acids is 1. The van der Waals surface area contributed by atoms with Crippen LogP contribution in [-0.4, -0.2) is 49.2 Å². The van der Waals surface area contributed by atoms with Crippen molar-refractivity contribution in [2.24, 2.45) is 0 Å². The third-order valence-corrected chi connectivity index (χ3v) is 5.87. The molecule has 1 fully saturated rings. The van der Waals surface area contributed by atoms with E-state index in [2.05, 4.69) is 33.4 Å². The van der Waals surface area contributed by atoms with E-state index in [0.717, 1.165) is 65.9 Å². The Balaban J connectivity index is 1.34. The molecular formula is C25H30N4O3. The summed E-state index contributed by atoms with van der Waals surface area (Å²) in [5, 5.41) is 7.04. The van der Waals surface area contributed by atoms with Gasteiger partial charge in [0.1, 0.15) is 18.1 Å². The molecule has 1 aliphatic heterocycles. The van der Waals surface area contributed by atoms with Crippen LogP contribution in [0.15, 0.2) is 53.1 Å². The lowest BCUT2D eigenvalue weighted by atomic mass is 10.1. The first-order valence-electron chi connectivity index (χ1n) is 11.0. The van der Waals surface area contributed by atoms with Crippen molar-refractivity contribution in [2.45, 2.75) is 26.9 Å². The van der Waals surface area contributed by atoms with Gasteiger partial charge in [0.15, 0.2) is 0 Å². The number of hydrogen-bond donors (Lipinski definition) is 1. The summed E-state index contributed by atoms with van der Waals surface area (Å²) in [5.41, 5.74) is 4.68. The van der Waals surface area contributed by atoms with Gasteiger partial charge in [-0.25, -0.2) is 0 Å². The number of para-hydroxylation sites is 2. The zero-order valence-corrected chi connectivity index (χ0v) is 18.9. The van der Waals surface area contributed by atoms with E-state index in [1.54, 1.807) is 0 Å². The van der Waals surface area contributed by atoms with E-state index in [-0.39, 0.29) is 5.91 Å². The maximum absolute atomic E-state index is 12.7. The molecule has 2 heterocycles. The molecule has 7 nitrogen and oxygen atoms in total. The average Bonchev–Trinajstić information content (AvgIpc) is 3.11. The molecule has 0 saturated carbocycles. The number of amides is 1. The van der Waals surface area contributed by atoms with Crippen molar-refractivity contribution in [1.82, 2.24) is 10.1 Å². The number of benzene rings is 2. The van der Waals surface area contributed by atoms with Gasteiger partial charge in [0.25, 0.3) is 0 Å². The van der Waals surface area contributed by atoms with Gasteiger partial charge in [0.2, 0.25) is 5.91 Å². The lowest BCUT2D eigenvalue weighted by Crippen LogP contribution is -2.44. The summed E-state index contributed by atoms with van der Waals surface area (Å²) >= 11 is 0. The topological polar surface area (TPSA) is 70.8 Å². The molecule has 3 aromatic rings. The Labute approximate surface area is 188 Å². The quantitative estimate of drug-likeness (QED) is 0.610. The molecule has 0 bridgehead atoms. The van der Waals surface area contributed by atoms with Crippen molar-refractivity contribution < 1.29 is 14.1 Å². The molecule has 0 atom stereocenters. The van der Waals surface area contributed by atoms with E-state index in [9.17, 15) is 4.79 Å². The molecule has 0 spiro atoms. The molecule has 0 unspecified atom stereocenters. The van der Waals surface area contributed by atoms with Gasteiger partial charge in [-0.2, -0.15) is 0 Å². The molecule has 0 radical (unpaired) electrons. The van der Waals surface area contributed by atoms with E-state index in [1.165, 1.54) is 0 Å². The Morgan fingerprint density at radius 3 is 2.47 bits per heavy atom. The average molecular weight is 435 g/mol.